The number of aliphatic imine (C=N–C) groups is 4. The maximum absolute atomic E-state index is 14.9. The quantitative estimate of drug-likeness (QED) is 0.0349. The minimum Gasteiger partial charge on any atom is -0.456 e. The molecule has 0 unspecified atom stereocenters. The van der Waals surface area contributed by atoms with Crippen LogP contribution in [0.4, 0.5) is 26.3 Å². The largest absolute Gasteiger partial charge is 0.456 e. The second kappa shape index (κ2) is 36.4. The molecule has 10 heterocycles. The number of carbonyl (C=O) groups is 2. The zero-order chi connectivity index (χ0) is 78.6. The monoisotopic (exact) mass is 1540 g/mol. The first-order valence-electron chi connectivity index (χ1n) is 32.8. The van der Waals surface area contributed by atoms with Crippen LogP contribution in [0.3, 0.4) is 0 Å². The molecule has 39 heteroatoms. The van der Waals surface area contributed by atoms with Crippen LogP contribution in [0, 0.1) is 11.8 Å². The lowest BCUT2D eigenvalue weighted by molar-refractivity contribution is -0.165. The summed E-state index contributed by atoms with van der Waals surface area (Å²) in [6.45, 7) is 23.4. The lowest BCUT2D eigenvalue weighted by Gasteiger charge is -2.33. The summed E-state index contributed by atoms with van der Waals surface area (Å²) in [5.74, 6) is 0.801. The van der Waals surface area contributed by atoms with E-state index in [-0.39, 0.29) is 76.5 Å². The Labute approximate surface area is 612 Å². The van der Waals surface area contributed by atoms with Gasteiger partial charge in [0, 0.05) is 43.5 Å². The zero-order valence-corrected chi connectivity index (χ0v) is 59.7. The summed E-state index contributed by atoms with van der Waals surface area (Å²) in [5.41, 5.74) is 14.3. The molecule has 10 aliphatic heterocycles. The van der Waals surface area contributed by atoms with Crippen molar-refractivity contribution in [3.05, 3.63) is 136 Å². The van der Waals surface area contributed by atoms with Crippen molar-refractivity contribution >= 4 is 58.4 Å². The number of amides is 1. The van der Waals surface area contributed by atoms with E-state index >= 15 is 0 Å². The molecule has 5 saturated heterocycles. The summed E-state index contributed by atoms with van der Waals surface area (Å²) in [5, 5.41) is 89.7. The number of aliphatic hydroxyl groups excluding tert-OH is 9. The number of allylic oxidation sites excluding steroid dienone is 1. The van der Waals surface area contributed by atoms with Crippen LogP contribution >= 0.6 is 23.2 Å². The highest BCUT2D eigenvalue weighted by atomic mass is 35.5. The number of esters is 1. The topological polar surface area (TPSA) is 453 Å². The van der Waals surface area contributed by atoms with Gasteiger partial charge in [-0.1, -0.05) is 79.7 Å². The number of nitrogens with one attached hydrogen (secondary N) is 1. The van der Waals surface area contributed by atoms with Crippen molar-refractivity contribution in [3.63, 3.8) is 0 Å². The van der Waals surface area contributed by atoms with E-state index in [1.807, 2.05) is 27.7 Å². The number of nitrogens with two attached hydrogens (primary N) is 4. The Morgan fingerprint density at radius 1 is 0.562 bits per heavy atom. The number of aliphatic hydroxyl groups is 9. The Kier molecular flexibility index (Phi) is 30.0. The first-order chi connectivity index (χ1) is 49.4. The molecule has 0 spiro atoms. The summed E-state index contributed by atoms with van der Waals surface area (Å²) in [7, 11) is 0. The Morgan fingerprint density at radius 2 is 0.914 bits per heavy atom. The molecular weight excluding hydrogens is 1450 g/mol. The van der Waals surface area contributed by atoms with Crippen molar-refractivity contribution in [2.75, 3.05) is 51.5 Å². The first-order valence-corrected chi connectivity index (χ1v) is 33.8. The highest BCUT2D eigenvalue weighted by Crippen LogP contribution is 2.44. The Hall–Kier alpha value is -7.44. The van der Waals surface area contributed by atoms with Crippen LogP contribution in [-0.2, 0) is 38.0 Å². The van der Waals surface area contributed by atoms with E-state index < -0.39 is 172 Å². The molecule has 10 rings (SSSR count). The molecule has 5 fully saturated rings. The van der Waals surface area contributed by atoms with Gasteiger partial charge >= 0.3 is 5.97 Å². The number of halogens is 8. The van der Waals surface area contributed by atoms with Crippen molar-refractivity contribution in [3.8, 4) is 0 Å². The highest BCUT2D eigenvalue weighted by Gasteiger charge is 2.62. The summed E-state index contributed by atoms with van der Waals surface area (Å²) < 4.78 is 118. The fraction of sp³-hybridized carbons (Fsp3) is 0.576. The minimum absolute atomic E-state index is 0.0416. The number of rotatable bonds is 20. The number of hydrogen-bond acceptors (Lipinski definition) is 30. The lowest BCUT2D eigenvalue weighted by atomic mass is 9.89. The van der Waals surface area contributed by atoms with E-state index in [0.717, 1.165) is 11.0 Å². The van der Waals surface area contributed by atoms with Gasteiger partial charge in [-0.2, -0.15) is 0 Å². The van der Waals surface area contributed by atoms with Gasteiger partial charge in [-0.15, -0.1) is 23.2 Å². The number of carbonyl (C=O) groups excluding carboxylic acids is 2. The fourth-order valence-corrected chi connectivity index (χ4v) is 12.2. The number of ether oxygens (including phenoxy) is 6. The summed E-state index contributed by atoms with van der Waals surface area (Å²) in [6.07, 6.45) is -3.89. The van der Waals surface area contributed by atoms with E-state index in [2.05, 4.69) is 58.2 Å². The highest BCUT2D eigenvalue weighted by molar-refractivity contribution is 6.19. The molecule has 18 N–H and O–H groups in total. The second-order valence-corrected chi connectivity index (χ2v) is 26.6. The molecule has 0 aromatic heterocycles. The molecule has 0 bridgehead atoms. The molecule has 0 aromatic rings. The molecule has 105 heavy (non-hydrogen) atoms. The number of nitrogens with zero attached hydrogens (tertiary/aromatic N) is 9. The Morgan fingerprint density at radius 3 is 1.26 bits per heavy atom. The fourth-order valence-electron chi connectivity index (χ4n) is 11.6. The maximum atomic E-state index is 14.9. The third-order valence-corrected chi connectivity index (χ3v) is 18.8. The number of amidine groups is 4. The minimum atomic E-state index is -2.00. The summed E-state index contributed by atoms with van der Waals surface area (Å²) >= 11 is 11.5. The predicted molar refractivity (Wildman–Crippen MR) is 373 cm³/mol. The van der Waals surface area contributed by atoms with Crippen LogP contribution < -0.4 is 28.3 Å². The van der Waals surface area contributed by atoms with E-state index in [1.54, 1.807) is 13.0 Å². The van der Waals surface area contributed by atoms with Gasteiger partial charge < -0.3 is 127 Å². The molecule has 0 saturated carbocycles. The zero-order valence-electron chi connectivity index (χ0n) is 58.2. The van der Waals surface area contributed by atoms with Crippen LogP contribution in [0.25, 0.3) is 0 Å². The van der Waals surface area contributed by atoms with Gasteiger partial charge in [0.25, 0.3) is 5.91 Å². The third-order valence-electron chi connectivity index (χ3n) is 17.9. The average molecular weight is 1540 g/mol. The van der Waals surface area contributed by atoms with Crippen molar-refractivity contribution < 1.29 is 110 Å². The Bertz CT molecular complexity index is 3450. The van der Waals surface area contributed by atoms with Crippen molar-refractivity contribution in [2.45, 2.75) is 174 Å². The molecule has 31 nitrogen and oxygen atoms in total. The van der Waals surface area contributed by atoms with Crippen LogP contribution in [0.2, 0.25) is 0 Å². The lowest BCUT2D eigenvalue weighted by Crippen LogP contribution is -2.49. The van der Waals surface area contributed by atoms with Gasteiger partial charge in [0.05, 0.1) is 44.8 Å². The van der Waals surface area contributed by atoms with Gasteiger partial charge in [0.2, 0.25) is 0 Å². The van der Waals surface area contributed by atoms with Crippen LogP contribution in [-0.4, -0.2) is 278 Å². The average Bonchev–Trinajstić information content (AvgIpc) is 1.64. The van der Waals surface area contributed by atoms with Crippen molar-refractivity contribution in [2.24, 2.45) is 54.7 Å². The van der Waals surface area contributed by atoms with Crippen LogP contribution in [0.15, 0.2) is 156 Å². The summed E-state index contributed by atoms with van der Waals surface area (Å²) in [4.78, 5) is 44.8. The number of alkyl halides is 8. The standard InChI is InChI=1S/C15H24FN3O3.C15H22FN3O3.C14H19ClFN3O4.C11H15ClFN3O3.C11H14F2N2O4/c2*1-9(2)4-6-15(8-20)13(21)12(16)14(22-15)19-7-5-11(17)18-10(19)3;1-3-10(21)22-12-11(16)13(23-14(12,6-15)7-20)19-5-4-9(17)18-8(19)2;1-6-15-7(14)2-3-16(6)10-8(13)9(18)11(4-12,5-17)19-10;1-6-14-7(17)2-3-15(6)10-8(13)9(18)11(4-12,5-16)19-10/h5,7,9,12-14,20-21H,3-4,6,8H2,1-2H3,(H2,17,18);4-7,9,12-14,20-21H,3,8H2,1-2H3,(H2,17,18);4-5,11-13,20H,2-3,6-7H2,1H3,(H2,17,18);2-3,8-10,17-18H,1,4-5H2,(H2,14,15);2-3,8-10,16,18H,1,4-5H2,(H,14,17)/b;6-4+;;;/t2*12-,13+,14-,15-;11-,12+,13-,14-;2*8-,9+,10-,11-/m11111/s1. The molecule has 0 aliphatic carbocycles. The van der Waals surface area contributed by atoms with E-state index in [0.29, 0.717) is 18.8 Å². The van der Waals surface area contributed by atoms with Crippen molar-refractivity contribution in [1.82, 2.24) is 29.8 Å². The van der Waals surface area contributed by atoms with Gasteiger partial charge in [-0.25, -0.2) is 46.3 Å². The molecule has 10 aliphatic rings. The van der Waals surface area contributed by atoms with Gasteiger partial charge in [-0.3, -0.25) is 9.59 Å². The van der Waals surface area contributed by atoms with E-state index in [9.17, 15) is 76.8 Å². The Balaban J connectivity index is 0.000000206. The molecule has 1 amide bonds. The van der Waals surface area contributed by atoms with Crippen molar-refractivity contribution in [1.29, 1.82) is 0 Å². The van der Waals surface area contributed by atoms with Gasteiger partial charge in [-0.05, 0) is 49.0 Å². The molecule has 0 aromatic carbocycles. The summed E-state index contributed by atoms with van der Waals surface area (Å²) in [6, 6.07) is 0. The van der Waals surface area contributed by atoms with E-state index in [1.165, 1.54) is 81.0 Å². The molecular formula is C66H94Cl2F6N14O17. The predicted octanol–water partition coefficient (Wildman–Crippen LogP) is 0.968. The molecule has 20 atom stereocenters. The van der Waals surface area contributed by atoms with Crippen LogP contribution in [0.1, 0.15) is 53.9 Å². The third kappa shape index (κ3) is 18.8. The molecule has 586 valence electrons. The van der Waals surface area contributed by atoms with E-state index in [4.69, 9.17) is 79.7 Å². The SMILES string of the molecule is C=C1N=C(N)C=CN1[C@@H]1O[C@@](CO)(CCC(C)C)[C@@H](O)[C@H]1F.C=C1N=C(N)C=CN1[C@@H]1O[C@@](CO)(CCl)[C@@H](O)[C@H]1F.C=C1N=C(N)C=CN1[C@@H]1O[C@@](CO)(CCl)[C@@H](OC(=O)CC)[C@H]1F.C=C1N=C(N)C=CN1[C@@H]1O[C@](/C=C/C(C)C)(CO)[C@@H](O)[C@H]1F.C=C1NC(=O)C=CN1[C@@H]1O[C@@](CO)(CF)[C@@H](O)[C@H]1F. The first kappa shape index (κ1) is 86.5. The normalized spacial score (nSPS) is 36.3. The second-order valence-electron chi connectivity index (χ2n) is 26.1. The van der Waals surface area contributed by atoms with Gasteiger partial charge in [0.15, 0.2) is 73.7 Å². The number of hydrogen-bond donors (Lipinski definition) is 14. The molecule has 0 radical (unpaired) electrons. The van der Waals surface area contributed by atoms with Crippen LogP contribution in [0.5, 0.6) is 0 Å². The smallest absolute Gasteiger partial charge is 0.305 e. The van der Waals surface area contributed by atoms with Gasteiger partial charge in [0.1, 0.15) is 106 Å². The maximum Gasteiger partial charge on any atom is 0.305 e.